The largest absolute Gasteiger partial charge is 0.330 e. The Bertz CT molecular complexity index is 691. The van der Waals surface area contributed by atoms with Crippen LogP contribution in [0.15, 0.2) is 30.6 Å². The molecule has 18 heavy (non-hydrogen) atoms. The van der Waals surface area contributed by atoms with Crippen molar-refractivity contribution in [1.82, 2.24) is 19.9 Å². The number of nitrogens with zero attached hydrogens (tertiary/aromatic N) is 3. The summed E-state index contributed by atoms with van der Waals surface area (Å²) in [6.07, 6.45) is 4.32. The van der Waals surface area contributed by atoms with Crippen LogP contribution in [-0.4, -0.2) is 19.9 Å². The normalized spacial score (nSPS) is 11.0. The Hall–Kier alpha value is -1.94. The minimum atomic E-state index is 0.581. The summed E-state index contributed by atoms with van der Waals surface area (Å²) in [6.45, 7) is 2.07. The van der Waals surface area contributed by atoms with Crippen LogP contribution in [0.25, 0.3) is 22.4 Å². The fraction of sp³-hybridized carbons (Fsp3) is 0.154. The summed E-state index contributed by atoms with van der Waals surface area (Å²) in [5, 5.41) is 1.56. The Balaban J connectivity index is 2.25. The summed E-state index contributed by atoms with van der Waals surface area (Å²) in [4.78, 5) is 16.2. The standard InChI is InChI=1S/C13H11ClN4/c1-2-10-9-6-11(14)17-13(9)18-12(16-10)8-4-3-5-15-7-8/h3-7H,2H2,1H3,(H,16,17,18). The second kappa shape index (κ2) is 4.38. The fourth-order valence-electron chi connectivity index (χ4n) is 1.93. The van der Waals surface area contributed by atoms with Gasteiger partial charge in [-0.15, -0.1) is 0 Å². The monoisotopic (exact) mass is 258 g/mol. The van der Waals surface area contributed by atoms with E-state index in [1.165, 1.54) is 0 Å². The molecule has 0 spiro atoms. The number of hydrogen-bond acceptors (Lipinski definition) is 3. The molecule has 0 radical (unpaired) electrons. The van der Waals surface area contributed by atoms with E-state index in [4.69, 9.17) is 11.6 Å². The molecule has 0 aliphatic heterocycles. The molecule has 3 heterocycles. The van der Waals surface area contributed by atoms with Crippen LogP contribution < -0.4 is 0 Å². The van der Waals surface area contributed by atoms with E-state index in [2.05, 4.69) is 26.9 Å². The highest BCUT2D eigenvalue weighted by atomic mass is 35.5. The van der Waals surface area contributed by atoms with Crippen molar-refractivity contribution in [1.29, 1.82) is 0 Å². The number of halogens is 1. The third kappa shape index (κ3) is 1.84. The molecule has 90 valence electrons. The van der Waals surface area contributed by atoms with E-state index in [9.17, 15) is 0 Å². The van der Waals surface area contributed by atoms with Gasteiger partial charge in [0.1, 0.15) is 10.8 Å². The van der Waals surface area contributed by atoms with Crippen molar-refractivity contribution < 1.29 is 0 Å². The molecule has 5 heteroatoms. The molecule has 4 nitrogen and oxygen atoms in total. The topological polar surface area (TPSA) is 54.5 Å². The Morgan fingerprint density at radius 3 is 2.94 bits per heavy atom. The zero-order valence-corrected chi connectivity index (χ0v) is 10.6. The van der Waals surface area contributed by atoms with Crippen LogP contribution >= 0.6 is 11.6 Å². The molecule has 1 N–H and O–H groups in total. The van der Waals surface area contributed by atoms with Crippen molar-refractivity contribution in [2.24, 2.45) is 0 Å². The number of aryl methyl sites for hydroxylation is 1. The van der Waals surface area contributed by atoms with E-state index in [1.807, 2.05) is 18.2 Å². The number of aromatic nitrogens is 4. The lowest BCUT2D eigenvalue weighted by atomic mass is 10.2. The maximum atomic E-state index is 5.97. The molecular formula is C13H11ClN4. The molecule has 0 aliphatic rings. The first-order valence-electron chi connectivity index (χ1n) is 5.73. The van der Waals surface area contributed by atoms with Crippen LogP contribution in [0.2, 0.25) is 5.15 Å². The molecule has 0 aliphatic carbocycles. The van der Waals surface area contributed by atoms with Gasteiger partial charge in [-0.3, -0.25) is 4.98 Å². The molecule has 0 saturated heterocycles. The minimum Gasteiger partial charge on any atom is -0.330 e. The number of rotatable bonds is 2. The van der Waals surface area contributed by atoms with Crippen molar-refractivity contribution in [3.05, 3.63) is 41.4 Å². The van der Waals surface area contributed by atoms with Gasteiger partial charge < -0.3 is 4.98 Å². The number of aromatic amines is 1. The molecule has 0 unspecified atom stereocenters. The molecule has 3 rings (SSSR count). The van der Waals surface area contributed by atoms with E-state index in [0.717, 1.165) is 28.7 Å². The molecule has 3 aromatic rings. The highest BCUT2D eigenvalue weighted by molar-refractivity contribution is 6.30. The lowest BCUT2D eigenvalue weighted by Gasteiger charge is -2.03. The zero-order valence-electron chi connectivity index (χ0n) is 9.81. The predicted octanol–water partition coefficient (Wildman–Crippen LogP) is 3.24. The van der Waals surface area contributed by atoms with Crippen LogP contribution in [0.5, 0.6) is 0 Å². The van der Waals surface area contributed by atoms with Crippen LogP contribution in [-0.2, 0) is 6.42 Å². The number of nitrogens with one attached hydrogen (secondary N) is 1. The van der Waals surface area contributed by atoms with Crippen molar-refractivity contribution in [3.8, 4) is 11.4 Å². The van der Waals surface area contributed by atoms with Crippen LogP contribution in [0.3, 0.4) is 0 Å². The van der Waals surface area contributed by atoms with E-state index in [1.54, 1.807) is 12.4 Å². The van der Waals surface area contributed by atoms with E-state index >= 15 is 0 Å². The first-order chi connectivity index (χ1) is 8.78. The number of H-pyrrole nitrogens is 1. The lowest BCUT2D eigenvalue weighted by Crippen LogP contribution is -1.96. The molecule has 0 fully saturated rings. The summed E-state index contributed by atoms with van der Waals surface area (Å²) in [5.74, 6) is 0.672. The lowest BCUT2D eigenvalue weighted by molar-refractivity contribution is 1.03. The summed E-state index contributed by atoms with van der Waals surface area (Å²) >= 11 is 5.97. The molecule has 0 aromatic carbocycles. The SMILES string of the molecule is CCc1nc(-c2cccnc2)nc2[nH]c(Cl)cc12. The van der Waals surface area contributed by atoms with Crippen molar-refractivity contribution in [2.45, 2.75) is 13.3 Å². The maximum absolute atomic E-state index is 5.97. The molecular weight excluding hydrogens is 248 g/mol. The summed E-state index contributed by atoms with van der Waals surface area (Å²) < 4.78 is 0. The van der Waals surface area contributed by atoms with E-state index < -0.39 is 0 Å². The maximum Gasteiger partial charge on any atom is 0.163 e. The number of fused-ring (bicyclic) bond motifs is 1. The van der Waals surface area contributed by atoms with Gasteiger partial charge in [-0.25, -0.2) is 9.97 Å². The van der Waals surface area contributed by atoms with Gasteiger partial charge in [-0.1, -0.05) is 18.5 Å². The Morgan fingerprint density at radius 2 is 2.22 bits per heavy atom. The van der Waals surface area contributed by atoms with Gasteiger partial charge in [0.15, 0.2) is 5.82 Å². The molecule has 0 atom stereocenters. The third-order valence-corrected chi connectivity index (χ3v) is 2.99. The Kier molecular flexibility index (Phi) is 2.72. The average Bonchev–Trinajstić information content (AvgIpc) is 2.78. The van der Waals surface area contributed by atoms with Gasteiger partial charge in [-0.2, -0.15) is 0 Å². The zero-order chi connectivity index (χ0) is 12.5. The van der Waals surface area contributed by atoms with Gasteiger partial charge in [0.2, 0.25) is 0 Å². The predicted molar refractivity (Wildman–Crippen MR) is 71.5 cm³/mol. The van der Waals surface area contributed by atoms with E-state index in [-0.39, 0.29) is 0 Å². The summed E-state index contributed by atoms with van der Waals surface area (Å²) in [6, 6.07) is 5.68. The van der Waals surface area contributed by atoms with Crippen molar-refractivity contribution >= 4 is 22.6 Å². The van der Waals surface area contributed by atoms with Gasteiger partial charge in [0, 0.05) is 23.3 Å². The highest BCUT2D eigenvalue weighted by Crippen LogP contribution is 2.23. The second-order valence-electron chi connectivity index (χ2n) is 3.97. The second-order valence-corrected chi connectivity index (χ2v) is 4.38. The van der Waals surface area contributed by atoms with Crippen LogP contribution in [0.1, 0.15) is 12.6 Å². The minimum absolute atomic E-state index is 0.581. The van der Waals surface area contributed by atoms with Crippen molar-refractivity contribution in [3.63, 3.8) is 0 Å². The quantitative estimate of drug-likeness (QED) is 0.768. The first kappa shape index (κ1) is 11.2. The fourth-order valence-corrected chi connectivity index (χ4v) is 2.13. The summed E-state index contributed by atoms with van der Waals surface area (Å²) in [7, 11) is 0. The molecule has 0 amide bonds. The van der Waals surface area contributed by atoms with Crippen LogP contribution in [0.4, 0.5) is 0 Å². The van der Waals surface area contributed by atoms with E-state index in [0.29, 0.717) is 11.0 Å². The third-order valence-electron chi connectivity index (χ3n) is 2.79. The highest BCUT2D eigenvalue weighted by Gasteiger charge is 2.10. The number of hydrogen-bond donors (Lipinski definition) is 1. The average molecular weight is 259 g/mol. The van der Waals surface area contributed by atoms with Gasteiger partial charge in [0.05, 0.1) is 5.69 Å². The Morgan fingerprint density at radius 1 is 1.33 bits per heavy atom. The van der Waals surface area contributed by atoms with Gasteiger partial charge >= 0.3 is 0 Å². The van der Waals surface area contributed by atoms with Gasteiger partial charge in [-0.05, 0) is 24.6 Å². The molecule has 0 bridgehead atoms. The van der Waals surface area contributed by atoms with Crippen molar-refractivity contribution in [2.75, 3.05) is 0 Å². The summed E-state index contributed by atoms with van der Waals surface area (Å²) in [5.41, 5.74) is 2.66. The molecule has 0 saturated carbocycles. The first-order valence-corrected chi connectivity index (χ1v) is 6.11. The molecule has 3 aromatic heterocycles. The smallest absolute Gasteiger partial charge is 0.163 e. The Labute approximate surface area is 109 Å². The van der Waals surface area contributed by atoms with Crippen LogP contribution in [0, 0.1) is 0 Å². The van der Waals surface area contributed by atoms with Gasteiger partial charge in [0.25, 0.3) is 0 Å². The number of pyridine rings is 1.